The molecule has 0 aliphatic carbocycles. The minimum atomic E-state index is 0.371. The number of hydrogen-bond acceptors (Lipinski definition) is 5. The molecule has 0 aliphatic heterocycles. The highest BCUT2D eigenvalue weighted by atomic mass is 32.1. The number of nitrogens with two attached hydrogens (primary N) is 1. The number of hydrogen-bond donors (Lipinski definition) is 1. The molecule has 0 radical (unpaired) electrons. The molecule has 16 heavy (non-hydrogen) atoms. The van der Waals surface area contributed by atoms with Gasteiger partial charge >= 0.3 is 0 Å². The summed E-state index contributed by atoms with van der Waals surface area (Å²) < 4.78 is 5.50. The second-order valence-corrected chi connectivity index (χ2v) is 4.06. The van der Waals surface area contributed by atoms with Crippen LogP contribution in [0.2, 0.25) is 0 Å². The number of aromatic nitrogens is 1. The van der Waals surface area contributed by atoms with Gasteiger partial charge in [0.05, 0.1) is 5.56 Å². The monoisotopic (exact) mass is 231 g/mol. The van der Waals surface area contributed by atoms with E-state index in [1.807, 2.05) is 11.4 Å². The van der Waals surface area contributed by atoms with E-state index < -0.39 is 0 Å². The molecule has 0 amide bonds. The van der Waals surface area contributed by atoms with Gasteiger partial charge in [0.2, 0.25) is 0 Å². The summed E-state index contributed by atoms with van der Waals surface area (Å²) in [6.45, 7) is 0.371. The third-order valence-electron chi connectivity index (χ3n) is 1.96. The normalized spacial score (nSPS) is 9.69. The van der Waals surface area contributed by atoms with E-state index in [4.69, 9.17) is 15.7 Å². The van der Waals surface area contributed by atoms with Crippen LogP contribution in [-0.2, 0) is 6.61 Å². The standard InChI is InChI=1S/C11H9N3OS/c12-6-8-5-9(13)1-2-10(8)15-7-11-14-3-4-16-11/h1-5H,7,13H2. The van der Waals surface area contributed by atoms with Crippen molar-refractivity contribution >= 4 is 17.0 Å². The first-order chi connectivity index (χ1) is 7.79. The summed E-state index contributed by atoms with van der Waals surface area (Å²) in [5, 5.41) is 11.7. The highest BCUT2D eigenvalue weighted by Crippen LogP contribution is 2.21. The van der Waals surface area contributed by atoms with E-state index in [1.54, 1.807) is 24.4 Å². The second kappa shape index (κ2) is 4.64. The van der Waals surface area contributed by atoms with Crippen LogP contribution >= 0.6 is 11.3 Å². The van der Waals surface area contributed by atoms with E-state index in [-0.39, 0.29) is 0 Å². The molecule has 2 N–H and O–H groups in total. The van der Waals surface area contributed by atoms with E-state index in [9.17, 15) is 0 Å². The van der Waals surface area contributed by atoms with E-state index in [2.05, 4.69) is 4.98 Å². The maximum atomic E-state index is 8.90. The van der Waals surface area contributed by atoms with Crippen LogP contribution in [0.25, 0.3) is 0 Å². The predicted octanol–water partition coefficient (Wildman–Crippen LogP) is 2.18. The lowest BCUT2D eigenvalue weighted by molar-refractivity contribution is 0.304. The highest BCUT2D eigenvalue weighted by molar-refractivity contribution is 7.09. The number of nitriles is 1. The van der Waals surface area contributed by atoms with Crippen molar-refractivity contribution in [1.29, 1.82) is 5.26 Å². The Morgan fingerprint density at radius 3 is 3.06 bits per heavy atom. The average molecular weight is 231 g/mol. The number of anilines is 1. The van der Waals surface area contributed by atoms with Crippen LogP contribution in [-0.4, -0.2) is 4.98 Å². The molecule has 2 aromatic rings. The molecule has 4 nitrogen and oxygen atoms in total. The Balaban J connectivity index is 2.13. The quantitative estimate of drug-likeness (QED) is 0.822. The van der Waals surface area contributed by atoms with Crippen molar-refractivity contribution in [3.05, 3.63) is 40.3 Å². The summed E-state index contributed by atoms with van der Waals surface area (Å²) in [7, 11) is 0. The maximum Gasteiger partial charge on any atom is 0.140 e. The van der Waals surface area contributed by atoms with Crippen molar-refractivity contribution in [3.8, 4) is 11.8 Å². The summed E-state index contributed by atoms with van der Waals surface area (Å²) in [5.74, 6) is 0.534. The molecule has 5 heteroatoms. The molecule has 0 saturated carbocycles. The van der Waals surface area contributed by atoms with Crippen molar-refractivity contribution in [1.82, 2.24) is 4.98 Å². The van der Waals surface area contributed by atoms with Crippen LogP contribution in [0.15, 0.2) is 29.8 Å². The fraction of sp³-hybridized carbons (Fsp3) is 0.0909. The van der Waals surface area contributed by atoms with E-state index in [0.717, 1.165) is 5.01 Å². The number of benzene rings is 1. The van der Waals surface area contributed by atoms with Crippen LogP contribution in [0.1, 0.15) is 10.6 Å². The SMILES string of the molecule is N#Cc1cc(N)ccc1OCc1nccs1. The van der Waals surface area contributed by atoms with Gasteiger partial charge in [0.1, 0.15) is 23.4 Å². The zero-order valence-electron chi connectivity index (χ0n) is 8.38. The van der Waals surface area contributed by atoms with Crippen LogP contribution in [0.3, 0.4) is 0 Å². The Morgan fingerprint density at radius 2 is 2.38 bits per heavy atom. The Bertz CT molecular complexity index is 517. The Labute approximate surface area is 96.9 Å². The van der Waals surface area contributed by atoms with Crippen LogP contribution in [0.4, 0.5) is 5.69 Å². The van der Waals surface area contributed by atoms with Gasteiger partial charge in [-0.1, -0.05) is 0 Å². The topological polar surface area (TPSA) is 71.9 Å². The van der Waals surface area contributed by atoms with Gasteiger partial charge in [0.25, 0.3) is 0 Å². The zero-order valence-corrected chi connectivity index (χ0v) is 9.20. The molecular formula is C11H9N3OS. The summed E-state index contributed by atoms with van der Waals surface area (Å²) in [5.41, 5.74) is 6.57. The molecule has 0 aliphatic rings. The zero-order chi connectivity index (χ0) is 11.4. The predicted molar refractivity (Wildman–Crippen MR) is 62.0 cm³/mol. The summed E-state index contributed by atoms with van der Waals surface area (Å²) >= 11 is 1.52. The first kappa shape index (κ1) is 10.5. The van der Waals surface area contributed by atoms with Crippen molar-refractivity contribution in [3.63, 3.8) is 0 Å². The Hall–Kier alpha value is -2.06. The van der Waals surface area contributed by atoms with E-state index in [1.165, 1.54) is 11.3 Å². The summed E-state index contributed by atoms with van der Waals surface area (Å²) in [6.07, 6.45) is 1.72. The average Bonchev–Trinajstić information content (AvgIpc) is 2.80. The molecule has 80 valence electrons. The highest BCUT2D eigenvalue weighted by Gasteiger charge is 2.04. The van der Waals surface area contributed by atoms with Crippen LogP contribution < -0.4 is 10.5 Å². The van der Waals surface area contributed by atoms with Crippen molar-refractivity contribution in [2.24, 2.45) is 0 Å². The second-order valence-electron chi connectivity index (χ2n) is 3.08. The number of nitrogens with zero attached hydrogens (tertiary/aromatic N) is 2. The van der Waals surface area contributed by atoms with Crippen molar-refractivity contribution < 1.29 is 4.74 Å². The van der Waals surface area contributed by atoms with Gasteiger partial charge in [-0.25, -0.2) is 4.98 Å². The first-order valence-electron chi connectivity index (χ1n) is 4.60. The van der Waals surface area contributed by atoms with E-state index in [0.29, 0.717) is 23.6 Å². The lowest BCUT2D eigenvalue weighted by atomic mass is 10.2. The van der Waals surface area contributed by atoms with Gasteiger partial charge in [-0.15, -0.1) is 11.3 Å². The number of rotatable bonds is 3. The molecule has 1 aromatic carbocycles. The summed E-state index contributed by atoms with van der Waals surface area (Å²) in [6, 6.07) is 7.04. The Kier molecular flexibility index (Phi) is 3.03. The molecule has 1 aromatic heterocycles. The lowest BCUT2D eigenvalue weighted by Gasteiger charge is -2.06. The third kappa shape index (κ3) is 2.30. The van der Waals surface area contributed by atoms with Crippen molar-refractivity contribution in [2.75, 3.05) is 5.73 Å². The van der Waals surface area contributed by atoms with Crippen molar-refractivity contribution in [2.45, 2.75) is 6.61 Å². The molecule has 0 atom stereocenters. The lowest BCUT2D eigenvalue weighted by Crippen LogP contribution is -1.97. The fourth-order valence-corrected chi connectivity index (χ4v) is 1.75. The van der Waals surface area contributed by atoms with Gasteiger partial charge in [0.15, 0.2) is 0 Å². The number of nitrogen functional groups attached to an aromatic ring is 1. The van der Waals surface area contributed by atoms with Crippen LogP contribution in [0, 0.1) is 11.3 Å². The van der Waals surface area contributed by atoms with Gasteiger partial charge in [0, 0.05) is 17.3 Å². The van der Waals surface area contributed by atoms with Gasteiger partial charge in [-0.05, 0) is 18.2 Å². The van der Waals surface area contributed by atoms with Crippen LogP contribution in [0.5, 0.6) is 5.75 Å². The third-order valence-corrected chi connectivity index (χ3v) is 2.71. The fourth-order valence-electron chi connectivity index (χ4n) is 1.22. The molecule has 1 heterocycles. The molecular weight excluding hydrogens is 222 g/mol. The maximum absolute atomic E-state index is 8.90. The van der Waals surface area contributed by atoms with E-state index >= 15 is 0 Å². The first-order valence-corrected chi connectivity index (χ1v) is 5.48. The molecule has 0 saturated heterocycles. The number of ether oxygens (including phenoxy) is 1. The number of thiazole rings is 1. The van der Waals surface area contributed by atoms with Gasteiger partial charge in [-0.3, -0.25) is 0 Å². The molecule has 0 fully saturated rings. The summed E-state index contributed by atoms with van der Waals surface area (Å²) in [4.78, 5) is 4.09. The van der Waals surface area contributed by atoms with Gasteiger partial charge < -0.3 is 10.5 Å². The minimum absolute atomic E-state index is 0.371. The molecule has 2 rings (SSSR count). The smallest absolute Gasteiger partial charge is 0.140 e. The molecule has 0 unspecified atom stereocenters. The molecule has 0 bridgehead atoms. The minimum Gasteiger partial charge on any atom is -0.485 e. The Morgan fingerprint density at radius 1 is 1.50 bits per heavy atom. The largest absolute Gasteiger partial charge is 0.485 e. The molecule has 0 spiro atoms. The van der Waals surface area contributed by atoms with Gasteiger partial charge in [-0.2, -0.15) is 5.26 Å².